The van der Waals surface area contributed by atoms with Crippen molar-refractivity contribution >= 4 is 10.0 Å². The minimum Gasteiger partial charge on any atom is -0.395 e. The maximum atomic E-state index is 12.4. The number of nitrogens with two attached hydrogens (primary N) is 1. The summed E-state index contributed by atoms with van der Waals surface area (Å²) >= 11 is 0. The van der Waals surface area contributed by atoms with E-state index >= 15 is 0 Å². The van der Waals surface area contributed by atoms with Crippen LogP contribution in [0, 0.1) is 0 Å². The molecule has 0 saturated heterocycles. The average Bonchev–Trinajstić information content (AvgIpc) is 2.35. The van der Waals surface area contributed by atoms with Gasteiger partial charge in [0.2, 0.25) is 10.0 Å². The van der Waals surface area contributed by atoms with Gasteiger partial charge in [-0.3, -0.25) is 0 Å². The van der Waals surface area contributed by atoms with Crippen LogP contribution in [-0.2, 0) is 22.3 Å². The van der Waals surface area contributed by atoms with Gasteiger partial charge in [0.1, 0.15) is 0 Å². The third kappa shape index (κ3) is 4.28. The van der Waals surface area contributed by atoms with Crippen molar-refractivity contribution in [3.63, 3.8) is 0 Å². The average molecular weight is 286 g/mol. The molecule has 0 aromatic heterocycles. The lowest BCUT2D eigenvalue weighted by molar-refractivity contribution is 0.236. The maximum absolute atomic E-state index is 12.4. The number of aliphatic hydroxyl groups is 1. The first-order valence-electron chi connectivity index (χ1n) is 6.29. The highest BCUT2D eigenvalue weighted by Gasteiger charge is 2.25. The van der Waals surface area contributed by atoms with Gasteiger partial charge in [0.15, 0.2) is 0 Å². The molecule has 0 aliphatic heterocycles. The number of benzene rings is 1. The van der Waals surface area contributed by atoms with Crippen molar-refractivity contribution in [2.45, 2.75) is 32.2 Å². The molecule has 1 rings (SSSR count). The molecule has 0 amide bonds. The van der Waals surface area contributed by atoms with E-state index in [2.05, 4.69) is 0 Å². The fourth-order valence-electron chi connectivity index (χ4n) is 1.99. The Balaban J connectivity index is 3.01. The molecule has 5 nitrogen and oxygen atoms in total. The van der Waals surface area contributed by atoms with Crippen molar-refractivity contribution in [2.75, 3.05) is 13.2 Å². The predicted molar refractivity (Wildman–Crippen MR) is 75.9 cm³/mol. The topological polar surface area (TPSA) is 83.6 Å². The van der Waals surface area contributed by atoms with Crippen molar-refractivity contribution < 1.29 is 13.5 Å². The lowest BCUT2D eigenvalue weighted by Gasteiger charge is -2.25. The summed E-state index contributed by atoms with van der Waals surface area (Å²) in [7, 11) is -3.45. The molecule has 0 aliphatic rings. The monoisotopic (exact) mass is 286 g/mol. The molecule has 0 saturated carbocycles. The fraction of sp³-hybridized carbons (Fsp3) is 0.538. The fourth-order valence-corrected chi connectivity index (χ4v) is 3.84. The van der Waals surface area contributed by atoms with Gasteiger partial charge in [-0.15, -0.1) is 0 Å². The molecular weight excluding hydrogens is 264 g/mol. The van der Waals surface area contributed by atoms with E-state index in [9.17, 15) is 8.42 Å². The van der Waals surface area contributed by atoms with Gasteiger partial charge in [-0.1, -0.05) is 24.3 Å². The second-order valence-corrected chi connectivity index (χ2v) is 6.58. The molecule has 1 aromatic rings. The van der Waals surface area contributed by atoms with E-state index in [0.717, 1.165) is 5.56 Å². The van der Waals surface area contributed by atoms with E-state index in [-0.39, 0.29) is 24.9 Å². The zero-order chi connectivity index (χ0) is 14.5. The van der Waals surface area contributed by atoms with Crippen LogP contribution in [0.25, 0.3) is 0 Å². The van der Waals surface area contributed by atoms with E-state index < -0.39 is 10.0 Å². The van der Waals surface area contributed by atoms with Crippen LogP contribution in [-0.4, -0.2) is 37.0 Å². The van der Waals surface area contributed by atoms with Crippen molar-refractivity contribution in [1.29, 1.82) is 0 Å². The van der Waals surface area contributed by atoms with Crippen molar-refractivity contribution in [3.8, 4) is 0 Å². The van der Waals surface area contributed by atoms with Gasteiger partial charge in [-0.05, 0) is 25.0 Å². The van der Waals surface area contributed by atoms with Gasteiger partial charge in [-0.25, -0.2) is 8.42 Å². The lowest BCUT2D eigenvalue weighted by Crippen LogP contribution is -2.39. The smallest absolute Gasteiger partial charge is 0.218 e. The highest BCUT2D eigenvalue weighted by molar-refractivity contribution is 7.88. The zero-order valence-corrected chi connectivity index (χ0v) is 12.2. The molecule has 19 heavy (non-hydrogen) atoms. The number of hydrogen-bond acceptors (Lipinski definition) is 4. The molecule has 0 fully saturated rings. The minimum absolute atomic E-state index is 0.0848. The second-order valence-electron chi connectivity index (χ2n) is 4.66. The first kappa shape index (κ1) is 16.1. The number of nitrogens with zero attached hydrogens (tertiary/aromatic N) is 1. The van der Waals surface area contributed by atoms with Gasteiger partial charge in [0.25, 0.3) is 0 Å². The summed E-state index contributed by atoms with van der Waals surface area (Å²) < 4.78 is 26.1. The first-order valence-corrected chi connectivity index (χ1v) is 7.90. The standard InChI is InChI=1S/C13H22N2O3S/c1-11(2)15(7-8-16)19(17,18)10-13-6-4-3-5-12(13)9-14/h3-6,11,16H,7-10,14H2,1-2H3. The first-order chi connectivity index (χ1) is 8.92. The van der Waals surface area contributed by atoms with E-state index in [1.807, 2.05) is 12.1 Å². The Bertz CT molecular complexity index is 500. The Morgan fingerprint density at radius 3 is 2.32 bits per heavy atom. The zero-order valence-electron chi connectivity index (χ0n) is 11.4. The minimum atomic E-state index is -3.45. The van der Waals surface area contributed by atoms with Gasteiger partial charge >= 0.3 is 0 Å². The lowest BCUT2D eigenvalue weighted by atomic mass is 10.1. The molecule has 6 heteroatoms. The molecule has 0 bridgehead atoms. The predicted octanol–water partition coefficient (Wildman–Crippen LogP) is 0.678. The van der Waals surface area contributed by atoms with Crippen LogP contribution in [0.2, 0.25) is 0 Å². The van der Waals surface area contributed by atoms with Crippen molar-refractivity contribution in [3.05, 3.63) is 35.4 Å². The van der Waals surface area contributed by atoms with Crippen LogP contribution < -0.4 is 5.73 Å². The van der Waals surface area contributed by atoms with Crippen LogP contribution >= 0.6 is 0 Å². The van der Waals surface area contributed by atoms with Crippen molar-refractivity contribution in [1.82, 2.24) is 4.31 Å². The largest absolute Gasteiger partial charge is 0.395 e. The van der Waals surface area contributed by atoms with Crippen LogP contribution in [0.1, 0.15) is 25.0 Å². The van der Waals surface area contributed by atoms with E-state index in [1.165, 1.54) is 4.31 Å². The van der Waals surface area contributed by atoms with Gasteiger partial charge in [0.05, 0.1) is 12.4 Å². The van der Waals surface area contributed by atoms with Crippen molar-refractivity contribution in [2.24, 2.45) is 5.73 Å². The third-order valence-electron chi connectivity index (χ3n) is 2.93. The third-order valence-corrected chi connectivity index (χ3v) is 4.92. The summed E-state index contributed by atoms with van der Waals surface area (Å²) in [6.07, 6.45) is 0. The van der Waals surface area contributed by atoms with Crippen LogP contribution in [0.15, 0.2) is 24.3 Å². The highest BCUT2D eigenvalue weighted by Crippen LogP contribution is 2.16. The number of aliphatic hydroxyl groups excluding tert-OH is 1. The van der Waals surface area contributed by atoms with E-state index in [0.29, 0.717) is 12.1 Å². The second kappa shape index (κ2) is 7.00. The van der Waals surface area contributed by atoms with Crippen LogP contribution in [0.4, 0.5) is 0 Å². The van der Waals surface area contributed by atoms with Crippen LogP contribution in [0.3, 0.4) is 0 Å². The molecule has 108 valence electrons. The number of rotatable bonds is 7. The number of hydrogen-bond donors (Lipinski definition) is 2. The molecule has 0 aliphatic carbocycles. The summed E-state index contributed by atoms with van der Waals surface area (Å²) in [5.41, 5.74) is 7.16. The molecule has 0 heterocycles. The Hall–Kier alpha value is -0.950. The Morgan fingerprint density at radius 1 is 1.26 bits per heavy atom. The normalized spacial score (nSPS) is 12.3. The summed E-state index contributed by atoms with van der Waals surface area (Å²) in [6, 6.07) is 7.07. The Morgan fingerprint density at radius 2 is 1.84 bits per heavy atom. The van der Waals surface area contributed by atoms with E-state index in [4.69, 9.17) is 10.8 Å². The maximum Gasteiger partial charge on any atom is 0.218 e. The SMILES string of the molecule is CC(C)N(CCO)S(=O)(=O)Cc1ccccc1CN. The van der Waals surface area contributed by atoms with Gasteiger partial charge in [-0.2, -0.15) is 4.31 Å². The molecule has 0 atom stereocenters. The van der Waals surface area contributed by atoms with Crippen LogP contribution in [0.5, 0.6) is 0 Å². The molecule has 1 aromatic carbocycles. The number of sulfonamides is 1. The summed E-state index contributed by atoms with van der Waals surface area (Å²) in [4.78, 5) is 0. The molecule has 3 N–H and O–H groups in total. The quantitative estimate of drug-likeness (QED) is 0.772. The Labute approximate surface area is 115 Å². The van der Waals surface area contributed by atoms with Gasteiger partial charge in [0, 0.05) is 19.1 Å². The summed E-state index contributed by atoms with van der Waals surface area (Å²) in [5, 5.41) is 8.99. The summed E-state index contributed by atoms with van der Waals surface area (Å²) in [6.45, 7) is 3.83. The Kier molecular flexibility index (Phi) is 5.93. The van der Waals surface area contributed by atoms with Gasteiger partial charge < -0.3 is 10.8 Å². The molecular formula is C13H22N2O3S. The molecule has 0 unspecified atom stereocenters. The summed E-state index contributed by atoms with van der Waals surface area (Å²) in [5.74, 6) is -0.0848. The molecule has 0 radical (unpaired) electrons. The molecule has 0 spiro atoms. The highest BCUT2D eigenvalue weighted by atomic mass is 32.2. The van der Waals surface area contributed by atoms with E-state index in [1.54, 1.807) is 26.0 Å².